The monoisotopic (exact) mass is 355 g/mol. The van der Waals surface area contributed by atoms with Crippen molar-refractivity contribution >= 4 is 27.5 Å². The van der Waals surface area contributed by atoms with E-state index in [1.165, 1.54) is 11.6 Å². The van der Waals surface area contributed by atoms with Crippen molar-refractivity contribution < 1.29 is 4.39 Å². The molecule has 2 rings (SSSR count). The van der Waals surface area contributed by atoms with E-state index in [1.54, 1.807) is 6.07 Å². The van der Waals surface area contributed by atoms with Gasteiger partial charge in [-0.3, -0.25) is 0 Å². The third kappa shape index (κ3) is 4.58. The number of nitrogens with one attached hydrogen (secondary N) is 1. The number of rotatable bonds is 5. The molecule has 1 unspecified atom stereocenters. The highest BCUT2D eigenvalue weighted by Crippen LogP contribution is 2.16. The van der Waals surface area contributed by atoms with Crippen molar-refractivity contribution in [2.24, 2.45) is 0 Å². The van der Waals surface area contributed by atoms with E-state index in [0.717, 1.165) is 15.9 Å². The van der Waals surface area contributed by atoms with Crippen LogP contribution in [0.5, 0.6) is 0 Å². The molecule has 4 heteroatoms. The van der Waals surface area contributed by atoms with Gasteiger partial charge in [0.25, 0.3) is 0 Å². The molecule has 0 spiro atoms. The van der Waals surface area contributed by atoms with Crippen LogP contribution in [-0.2, 0) is 13.0 Å². The average molecular weight is 357 g/mol. The molecular formula is C16H16BrClFN. The molecule has 0 heterocycles. The van der Waals surface area contributed by atoms with Crippen LogP contribution >= 0.6 is 27.5 Å². The van der Waals surface area contributed by atoms with Crippen LogP contribution in [0, 0.1) is 5.82 Å². The second kappa shape index (κ2) is 7.21. The van der Waals surface area contributed by atoms with Gasteiger partial charge in [-0.25, -0.2) is 4.39 Å². The molecular weight excluding hydrogens is 341 g/mol. The lowest BCUT2D eigenvalue weighted by Gasteiger charge is -2.14. The zero-order valence-electron chi connectivity index (χ0n) is 11.2. The highest BCUT2D eigenvalue weighted by atomic mass is 79.9. The Bertz CT molecular complexity index is 588. The van der Waals surface area contributed by atoms with E-state index in [9.17, 15) is 4.39 Å². The van der Waals surface area contributed by atoms with Gasteiger partial charge in [-0.1, -0.05) is 45.7 Å². The van der Waals surface area contributed by atoms with Crippen LogP contribution in [0.1, 0.15) is 18.1 Å². The molecule has 0 aliphatic carbocycles. The van der Waals surface area contributed by atoms with Crippen LogP contribution in [0.4, 0.5) is 4.39 Å². The number of hydrogen-bond acceptors (Lipinski definition) is 1. The summed E-state index contributed by atoms with van der Waals surface area (Å²) in [5.74, 6) is -0.193. The quantitative estimate of drug-likeness (QED) is 0.798. The van der Waals surface area contributed by atoms with Crippen LogP contribution in [0.2, 0.25) is 5.02 Å². The molecule has 0 saturated heterocycles. The van der Waals surface area contributed by atoms with E-state index in [2.05, 4.69) is 28.2 Å². The lowest BCUT2D eigenvalue weighted by atomic mass is 10.1. The first-order valence-electron chi connectivity index (χ1n) is 6.46. The van der Waals surface area contributed by atoms with Crippen LogP contribution in [-0.4, -0.2) is 6.04 Å². The van der Waals surface area contributed by atoms with Crippen molar-refractivity contribution in [2.75, 3.05) is 0 Å². The van der Waals surface area contributed by atoms with Crippen LogP contribution in [0.25, 0.3) is 0 Å². The van der Waals surface area contributed by atoms with Gasteiger partial charge in [0.15, 0.2) is 0 Å². The molecule has 1 nitrogen and oxygen atoms in total. The summed E-state index contributed by atoms with van der Waals surface area (Å²) >= 11 is 9.22. The van der Waals surface area contributed by atoms with Crippen molar-refractivity contribution in [1.82, 2.24) is 5.32 Å². The van der Waals surface area contributed by atoms with Gasteiger partial charge >= 0.3 is 0 Å². The summed E-state index contributed by atoms with van der Waals surface area (Å²) in [5, 5.41) is 4.07. The molecule has 1 atom stereocenters. The van der Waals surface area contributed by atoms with Gasteiger partial charge in [0, 0.05) is 27.6 Å². The maximum absolute atomic E-state index is 13.7. The normalized spacial score (nSPS) is 12.4. The molecule has 106 valence electrons. The maximum atomic E-state index is 13.7. The average Bonchev–Trinajstić information content (AvgIpc) is 2.37. The second-order valence-corrected chi connectivity index (χ2v) is 6.20. The predicted octanol–water partition coefficient (Wildman–Crippen LogP) is 4.96. The smallest absolute Gasteiger partial charge is 0.128 e. The zero-order chi connectivity index (χ0) is 14.5. The van der Waals surface area contributed by atoms with Crippen LogP contribution in [0.3, 0.4) is 0 Å². The van der Waals surface area contributed by atoms with Crippen molar-refractivity contribution in [1.29, 1.82) is 0 Å². The number of halogens is 3. The Morgan fingerprint density at radius 2 is 2.05 bits per heavy atom. The topological polar surface area (TPSA) is 12.0 Å². The molecule has 20 heavy (non-hydrogen) atoms. The predicted molar refractivity (Wildman–Crippen MR) is 85.6 cm³/mol. The van der Waals surface area contributed by atoms with Gasteiger partial charge < -0.3 is 5.32 Å². The minimum absolute atomic E-state index is 0.193. The van der Waals surface area contributed by atoms with E-state index in [1.807, 2.05) is 30.3 Å². The second-order valence-electron chi connectivity index (χ2n) is 4.85. The first-order valence-corrected chi connectivity index (χ1v) is 7.63. The lowest BCUT2D eigenvalue weighted by molar-refractivity contribution is 0.525. The summed E-state index contributed by atoms with van der Waals surface area (Å²) < 4.78 is 14.4. The van der Waals surface area contributed by atoms with E-state index in [-0.39, 0.29) is 11.9 Å². The standard InChI is InChI=1S/C16H16BrClFN/c1-11(7-12-3-2-4-15(18)8-12)20-10-13-5-6-14(17)9-16(13)19/h2-6,8-9,11,20H,7,10H2,1H3. The Hall–Kier alpha value is -0.900. The summed E-state index contributed by atoms with van der Waals surface area (Å²) in [7, 11) is 0. The van der Waals surface area contributed by atoms with Gasteiger partial charge in [0.05, 0.1) is 0 Å². The van der Waals surface area contributed by atoms with E-state index < -0.39 is 0 Å². The zero-order valence-corrected chi connectivity index (χ0v) is 13.5. The third-order valence-electron chi connectivity index (χ3n) is 3.09. The maximum Gasteiger partial charge on any atom is 0.128 e. The summed E-state index contributed by atoms with van der Waals surface area (Å²) in [4.78, 5) is 0. The summed E-state index contributed by atoms with van der Waals surface area (Å²) in [6, 6.07) is 13.2. The molecule has 0 aliphatic heterocycles. The third-order valence-corrected chi connectivity index (χ3v) is 3.82. The van der Waals surface area contributed by atoms with Crippen LogP contribution < -0.4 is 5.32 Å². The van der Waals surface area contributed by atoms with Crippen molar-refractivity contribution in [2.45, 2.75) is 25.9 Å². The molecule has 0 saturated carbocycles. The van der Waals surface area contributed by atoms with Crippen LogP contribution in [0.15, 0.2) is 46.9 Å². The lowest BCUT2D eigenvalue weighted by Crippen LogP contribution is -2.27. The number of hydrogen-bond donors (Lipinski definition) is 1. The molecule has 0 fully saturated rings. The first-order chi connectivity index (χ1) is 9.54. The van der Waals surface area contributed by atoms with Crippen molar-refractivity contribution in [3.8, 4) is 0 Å². The molecule has 0 bridgehead atoms. The summed E-state index contributed by atoms with van der Waals surface area (Å²) in [6.07, 6.45) is 0.860. The Labute approximate surface area is 132 Å². The molecule has 2 aromatic rings. The van der Waals surface area contributed by atoms with Gasteiger partial charge in [0.1, 0.15) is 5.82 Å². The molecule has 2 aromatic carbocycles. The molecule has 0 radical (unpaired) electrons. The molecule has 0 aromatic heterocycles. The molecule has 1 N–H and O–H groups in total. The largest absolute Gasteiger partial charge is 0.310 e. The fourth-order valence-corrected chi connectivity index (χ4v) is 2.58. The Balaban J connectivity index is 1.90. The highest BCUT2D eigenvalue weighted by molar-refractivity contribution is 9.10. The van der Waals surface area contributed by atoms with E-state index in [0.29, 0.717) is 12.1 Å². The van der Waals surface area contributed by atoms with Gasteiger partial charge in [-0.15, -0.1) is 0 Å². The van der Waals surface area contributed by atoms with Gasteiger partial charge in [-0.05, 0) is 43.2 Å². The highest BCUT2D eigenvalue weighted by Gasteiger charge is 2.07. The fourth-order valence-electron chi connectivity index (χ4n) is 2.04. The summed E-state index contributed by atoms with van der Waals surface area (Å²) in [6.45, 7) is 2.60. The van der Waals surface area contributed by atoms with Gasteiger partial charge in [-0.2, -0.15) is 0 Å². The van der Waals surface area contributed by atoms with Crippen molar-refractivity contribution in [3.05, 3.63) is 68.9 Å². The molecule has 0 aliphatic rings. The minimum atomic E-state index is -0.193. The Kier molecular flexibility index (Phi) is 5.58. The number of benzene rings is 2. The Morgan fingerprint density at radius 1 is 1.25 bits per heavy atom. The molecule has 0 amide bonds. The minimum Gasteiger partial charge on any atom is -0.310 e. The summed E-state index contributed by atoms with van der Waals surface area (Å²) in [5.41, 5.74) is 1.85. The Morgan fingerprint density at radius 3 is 2.75 bits per heavy atom. The fraction of sp³-hybridized carbons (Fsp3) is 0.250. The van der Waals surface area contributed by atoms with Gasteiger partial charge in [0.2, 0.25) is 0 Å². The first kappa shape index (κ1) is 15.5. The van der Waals surface area contributed by atoms with E-state index >= 15 is 0 Å². The van der Waals surface area contributed by atoms with Crippen molar-refractivity contribution in [3.63, 3.8) is 0 Å². The van der Waals surface area contributed by atoms with E-state index in [4.69, 9.17) is 11.6 Å². The SMILES string of the molecule is CC(Cc1cccc(Cl)c1)NCc1ccc(Br)cc1F.